The van der Waals surface area contributed by atoms with Crippen molar-refractivity contribution in [1.29, 1.82) is 0 Å². The van der Waals surface area contributed by atoms with Crippen molar-refractivity contribution in [2.75, 3.05) is 19.6 Å². The van der Waals surface area contributed by atoms with Crippen LogP contribution in [0.3, 0.4) is 0 Å². The Bertz CT molecular complexity index is 268. The Morgan fingerprint density at radius 3 is 3.08 bits per heavy atom. The molecule has 0 radical (unpaired) electrons. The van der Waals surface area contributed by atoms with Crippen LogP contribution in [0.1, 0.15) is 10.7 Å². The SMILES string of the molecule is Cc1csc(CCNC2CNC2)n1. The minimum Gasteiger partial charge on any atom is -0.314 e. The highest BCUT2D eigenvalue weighted by Crippen LogP contribution is 2.08. The largest absolute Gasteiger partial charge is 0.314 e. The molecule has 13 heavy (non-hydrogen) atoms. The average molecular weight is 197 g/mol. The van der Waals surface area contributed by atoms with Gasteiger partial charge >= 0.3 is 0 Å². The van der Waals surface area contributed by atoms with Crippen LogP contribution in [0.5, 0.6) is 0 Å². The third-order valence-electron chi connectivity index (χ3n) is 2.22. The monoisotopic (exact) mass is 197 g/mol. The lowest BCUT2D eigenvalue weighted by molar-refractivity contribution is 0.369. The summed E-state index contributed by atoms with van der Waals surface area (Å²) in [6, 6.07) is 0.695. The van der Waals surface area contributed by atoms with Crippen LogP contribution in [0, 0.1) is 6.92 Å². The quantitative estimate of drug-likeness (QED) is 0.740. The number of nitrogens with one attached hydrogen (secondary N) is 2. The average Bonchev–Trinajstić information content (AvgIpc) is 2.42. The standard InChI is InChI=1S/C9H15N3S/c1-7-6-13-9(12-7)2-3-11-8-4-10-5-8/h6,8,10-11H,2-5H2,1H3. The lowest BCUT2D eigenvalue weighted by Crippen LogP contribution is -2.55. The maximum absolute atomic E-state index is 4.41. The van der Waals surface area contributed by atoms with E-state index in [0.29, 0.717) is 6.04 Å². The molecule has 1 aromatic rings. The maximum Gasteiger partial charge on any atom is 0.0940 e. The first kappa shape index (κ1) is 9.12. The number of rotatable bonds is 4. The van der Waals surface area contributed by atoms with E-state index in [1.54, 1.807) is 11.3 Å². The van der Waals surface area contributed by atoms with Gasteiger partial charge in [-0.25, -0.2) is 4.98 Å². The molecule has 1 aliphatic rings. The van der Waals surface area contributed by atoms with E-state index in [0.717, 1.165) is 31.7 Å². The second-order valence-electron chi connectivity index (χ2n) is 3.44. The van der Waals surface area contributed by atoms with E-state index in [9.17, 15) is 0 Å². The molecule has 0 bridgehead atoms. The number of hydrogen-bond donors (Lipinski definition) is 2. The molecule has 0 amide bonds. The predicted molar refractivity (Wildman–Crippen MR) is 55.2 cm³/mol. The molecule has 1 saturated heterocycles. The fraction of sp³-hybridized carbons (Fsp3) is 0.667. The van der Waals surface area contributed by atoms with E-state index >= 15 is 0 Å². The van der Waals surface area contributed by atoms with Crippen LogP contribution in [0.2, 0.25) is 0 Å². The first-order valence-electron chi connectivity index (χ1n) is 4.70. The normalized spacial score (nSPS) is 17.3. The fourth-order valence-electron chi connectivity index (χ4n) is 1.33. The maximum atomic E-state index is 4.41. The van der Waals surface area contributed by atoms with Gasteiger partial charge in [-0.15, -0.1) is 11.3 Å². The van der Waals surface area contributed by atoms with Gasteiger partial charge in [0.15, 0.2) is 0 Å². The number of hydrogen-bond acceptors (Lipinski definition) is 4. The molecule has 0 aromatic carbocycles. The molecule has 0 unspecified atom stereocenters. The summed E-state index contributed by atoms with van der Waals surface area (Å²) >= 11 is 1.76. The van der Waals surface area contributed by atoms with Crippen LogP contribution in [0.4, 0.5) is 0 Å². The van der Waals surface area contributed by atoms with Crippen LogP contribution >= 0.6 is 11.3 Å². The molecular formula is C9H15N3S. The van der Waals surface area contributed by atoms with Gasteiger partial charge in [-0.05, 0) is 6.92 Å². The molecule has 2 heterocycles. The predicted octanol–water partition coefficient (Wildman–Crippen LogP) is 0.555. The Kier molecular flexibility index (Phi) is 2.93. The topological polar surface area (TPSA) is 37.0 Å². The molecule has 72 valence electrons. The summed E-state index contributed by atoms with van der Waals surface area (Å²) in [7, 11) is 0. The number of thiazole rings is 1. The zero-order chi connectivity index (χ0) is 9.10. The lowest BCUT2D eigenvalue weighted by atomic mass is 10.2. The molecule has 0 aliphatic carbocycles. The Morgan fingerprint density at radius 1 is 1.69 bits per heavy atom. The van der Waals surface area contributed by atoms with E-state index in [4.69, 9.17) is 0 Å². The zero-order valence-corrected chi connectivity index (χ0v) is 8.66. The molecular weight excluding hydrogens is 182 g/mol. The van der Waals surface area contributed by atoms with Gasteiger partial charge in [-0.3, -0.25) is 0 Å². The van der Waals surface area contributed by atoms with Crippen LogP contribution in [-0.4, -0.2) is 30.7 Å². The summed E-state index contributed by atoms with van der Waals surface area (Å²) in [5.41, 5.74) is 1.14. The number of aromatic nitrogens is 1. The van der Waals surface area contributed by atoms with Crippen molar-refractivity contribution in [1.82, 2.24) is 15.6 Å². The molecule has 0 spiro atoms. The summed E-state index contributed by atoms with van der Waals surface area (Å²) in [6.07, 6.45) is 1.06. The Labute approximate surface area is 82.6 Å². The number of aryl methyl sites for hydroxylation is 1. The molecule has 3 nitrogen and oxygen atoms in total. The molecule has 2 rings (SSSR count). The molecule has 0 saturated carbocycles. The van der Waals surface area contributed by atoms with E-state index < -0.39 is 0 Å². The van der Waals surface area contributed by atoms with Crippen LogP contribution in [0.25, 0.3) is 0 Å². The first-order valence-corrected chi connectivity index (χ1v) is 5.57. The van der Waals surface area contributed by atoms with Gasteiger partial charge in [0.1, 0.15) is 0 Å². The third kappa shape index (κ3) is 2.49. The van der Waals surface area contributed by atoms with Crippen molar-refractivity contribution in [3.8, 4) is 0 Å². The van der Waals surface area contributed by atoms with E-state index in [-0.39, 0.29) is 0 Å². The summed E-state index contributed by atoms with van der Waals surface area (Å²) in [5.74, 6) is 0. The zero-order valence-electron chi connectivity index (χ0n) is 7.84. The van der Waals surface area contributed by atoms with Gasteiger partial charge in [0.05, 0.1) is 5.01 Å². The minimum atomic E-state index is 0.695. The van der Waals surface area contributed by atoms with Crippen LogP contribution in [-0.2, 0) is 6.42 Å². The van der Waals surface area contributed by atoms with Crippen molar-refractivity contribution in [2.24, 2.45) is 0 Å². The summed E-state index contributed by atoms with van der Waals surface area (Å²) in [4.78, 5) is 4.41. The minimum absolute atomic E-state index is 0.695. The molecule has 1 aromatic heterocycles. The summed E-state index contributed by atoms with van der Waals surface area (Å²) < 4.78 is 0. The van der Waals surface area contributed by atoms with E-state index in [1.807, 2.05) is 6.92 Å². The summed E-state index contributed by atoms with van der Waals surface area (Å²) in [5, 5.41) is 10.1. The van der Waals surface area contributed by atoms with Crippen molar-refractivity contribution in [3.05, 3.63) is 16.1 Å². The summed E-state index contributed by atoms with van der Waals surface area (Å²) in [6.45, 7) is 5.34. The highest BCUT2D eigenvalue weighted by Gasteiger charge is 2.14. The van der Waals surface area contributed by atoms with Crippen LogP contribution in [0.15, 0.2) is 5.38 Å². The van der Waals surface area contributed by atoms with Gasteiger partial charge in [0.2, 0.25) is 0 Å². The van der Waals surface area contributed by atoms with Gasteiger partial charge in [0.25, 0.3) is 0 Å². The molecule has 1 fully saturated rings. The van der Waals surface area contributed by atoms with Crippen molar-refractivity contribution >= 4 is 11.3 Å². The number of nitrogens with zero attached hydrogens (tertiary/aromatic N) is 1. The lowest BCUT2D eigenvalue weighted by Gasteiger charge is -2.27. The van der Waals surface area contributed by atoms with Gasteiger partial charge in [-0.1, -0.05) is 0 Å². The van der Waals surface area contributed by atoms with Gasteiger partial charge in [-0.2, -0.15) is 0 Å². The molecule has 1 aliphatic heterocycles. The third-order valence-corrected chi connectivity index (χ3v) is 3.25. The second kappa shape index (κ2) is 4.17. The Balaban J connectivity index is 1.67. The Hall–Kier alpha value is -0.450. The highest BCUT2D eigenvalue weighted by atomic mass is 32.1. The molecule has 4 heteroatoms. The van der Waals surface area contributed by atoms with Crippen LogP contribution < -0.4 is 10.6 Å². The van der Waals surface area contributed by atoms with E-state index in [1.165, 1.54) is 5.01 Å². The Morgan fingerprint density at radius 2 is 2.54 bits per heavy atom. The van der Waals surface area contributed by atoms with Crippen molar-refractivity contribution in [3.63, 3.8) is 0 Å². The van der Waals surface area contributed by atoms with Crippen molar-refractivity contribution < 1.29 is 0 Å². The second-order valence-corrected chi connectivity index (χ2v) is 4.38. The van der Waals surface area contributed by atoms with Gasteiger partial charge in [0, 0.05) is 43.2 Å². The smallest absolute Gasteiger partial charge is 0.0940 e. The fourth-order valence-corrected chi connectivity index (χ4v) is 2.11. The highest BCUT2D eigenvalue weighted by molar-refractivity contribution is 7.09. The first-order chi connectivity index (χ1) is 6.34. The van der Waals surface area contributed by atoms with Gasteiger partial charge < -0.3 is 10.6 Å². The molecule has 2 N–H and O–H groups in total. The molecule has 0 atom stereocenters. The van der Waals surface area contributed by atoms with E-state index in [2.05, 4.69) is 21.0 Å². The van der Waals surface area contributed by atoms with Crippen molar-refractivity contribution in [2.45, 2.75) is 19.4 Å².